The van der Waals surface area contributed by atoms with Crippen molar-refractivity contribution in [1.29, 1.82) is 0 Å². The van der Waals surface area contributed by atoms with Crippen LogP contribution in [0.1, 0.15) is 12.6 Å². The monoisotopic (exact) mass is 471 g/mol. The molecular formula is C19H20F3N5O2S2. The average Bonchev–Trinajstić information content (AvgIpc) is 3.04. The Bertz CT molecular complexity index is 1240. The highest BCUT2D eigenvalue weighted by atomic mass is 32.2. The molecule has 0 bridgehead atoms. The number of fused-ring (bicyclic) bond motifs is 1. The fourth-order valence-electron chi connectivity index (χ4n) is 3.26. The summed E-state index contributed by atoms with van der Waals surface area (Å²) < 4.78 is 63.3. The molecule has 0 radical (unpaired) electrons. The van der Waals surface area contributed by atoms with Crippen molar-refractivity contribution in [2.75, 3.05) is 30.5 Å². The molecule has 0 amide bonds. The Morgan fingerprint density at radius 2 is 1.97 bits per heavy atom. The topological polar surface area (TPSA) is 82.3 Å². The summed E-state index contributed by atoms with van der Waals surface area (Å²) in [5, 5.41) is 7.02. The van der Waals surface area contributed by atoms with Crippen LogP contribution in [-0.2, 0) is 27.7 Å². The summed E-state index contributed by atoms with van der Waals surface area (Å²) in [7, 11) is -0.670. The van der Waals surface area contributed by atoms with Gasteiger partial charge < -0.3 is 9.30 Å². The van der Waals surface area contributed by atoms with Crippen molar-refractivity contribution in [2.24, 2.45) is 11.4 Å². The first-order valence-corrected chi connectivity index (χ1v) is 12.4. The molecule has 1 aliphatic heterocycles. The minimum absolute atomic E-state index is 0.117. The predicted molar refractivity (Wildman–Crippen MR) is 114 cm³/mol. The van der Waals surface area contributed by atoms with Gasteiger partial charge in [-0.15, -0.1) is 22.0 Å². The Kier molecular flexibility index (Phi) is 5.97. The number of hydrogen-bond donors (Lipinski definition) is 0. The second kappa shape index (κ2) is 8.40. The van der Waals surface area contributed by atoms with Gasteiger partial charge in [0, 0.05) is 23.6 Å². The standard InChI is InChI=1S/C19H20F3N5O2S2/c1-3-30-15-10-12(26-31(28)8-6-29-7-9-31)4-5-13(15)17-23-14-11-16(19(20,21)22)24-25-18(14)27(17)2/h4-5,10-11H,3,6-9H2,1-2H3. The van der Waals surface area contributed by atoms with E-state index in [0.29, 0.717) is 36.2 Å². The van der Waals surface area contributed by atoms with E-state index in [9.17, 15) is 17.4 Å². The van der Waals surface area contributed by atoms with Crippen LogP contribution in [0.2, 0.25) is 0 Å². The maximum absolute atomic E-state index is 13.0. The second-order valence-electron chi connectivity index (χ2n) is 6.93. The molecule has 0 N–H and O–H groups in total. The normalized spacial score (nSPS) is 16.5. The second-order valence-corrected chi connectivity index (χ2v) is 10.8. The Morgan fingerprint density at radius 3 is 2.65 bits per heavy atom. The number of nitrogens with zero attached hydrogens (tertiary/aromatic N) is 5. The number of alkyl halides is 3. The van der Waals surface area contributed by atoms with Gasteiger partial charge in [-0.05, 0) is 24.0 Å². The van der Waals surface area contributed by atoms with Crippen molar-refractivity contribution in [1.82, 2.24) is 19.7 Å². The molecule has 1 aliphatic rings. The molecule has 12 heteroatoms. The zero-order valence-corrected chi connectivity index (χ0v) is 18.5. The fourth-order valence-corrected chi connectivity index (χ4v) is 5.73. The third-order valence-corrected chi connectivity index (χ3v) is 7.87. The van der Waals surface area contributed by atoms with Crippen molar-refractivity contribution in [3.63, 3.8) is 0 Å². The highest BCUT2D eigenvalue weighted by Crippen LogP contribution is 2.36. The zero-order chi connectivity index (χ0) is 22.2. The molecule has 7 nitrogen and oxygen atoms in total. The van der Waals surface area contributed by atoms with Crippen molar-refractivity contribution in [3.8, 4) is 11.4 Å². The van der Waals surface area contributed by atoms with E-state index in [1.165, 1.54) is 0 Å². The Balaban J connectivity index is 1.80. The lowest BCUT2D eigenvalue weighted by Gasteiger charge is -2.16. The van der Waals surface area contributed by atoms with Gasteiger partial charge in [-0.1, -0.05) is 6.92 Å². The van der Waals surface area contributed by atoms with Crippen LogP contribution < -0.4 is 0 Å². The lowest BCUT2D eigenvalue weighted by molar-refractivity contribution is -0.141. The number of ether oxygens (including phenoxy) is 1. The number of thioether (sulfide) groups is 1. The van der Waals surface area contributed by atoms with Crippen LogP contribution in [0.4, 0.5) is 18.9 Å². The van der Waals surface area contributed by atoms with Crippen LogP contribution in [0.3, 0.4) is 0 Å². The molecule has 0 saturated carbocycles. The summed E-state index contributed by atoms with van der Waals surface area (Å²) in [4.78, 5) is 5.25. The molecule has 166 valence electrons. The van der Waals surface area contributed by atoms with Crippen LogP contribution in [0.5, 0.6) is 0 Å². The Hall–Kier alpha value is -2.18. The van der Waals surface area contributed by atoms with Crippen LogP contribution >= 0.6 is 11.8 Å². The lowest BCUT2D eigenvalue weighted by Crippen LogP contribution is -2.25. The van der Waals surface area contributed by atoms with Gasteiger partial charge in [0.1, 0.15) is 11.3 Å². The summed E-state index contributed by atoms with van der Waals surface area (Å²) in [5.74, 6) is 2.04. The van der Waals surface area contributed by atoms with Crippen molar-refractivity contribution in [2.45, 2.75) is 18.0 Å². The quantitative estimate of drug-likeness (QED) is 0.528. The zero-order valence-electron chi connectivity index (χ0n) is 16.8. The molecule has 1 saturated heterocycles. The third-order valence-electron chi connectivity index (χ3n) is 4.78. The van der Waals surface area contributed by atoms with E-state index in [1.54, 1.807) is 35.5 Å². The van der Waals surface area contributed by atoms with Crippen LogP contribution in [0.15, 0.2) is 33.5 Å². The number of imidazole rings is 1. The highest BCUT2D eigenvalue weighted by Gasteiger charge is 2.34. The summed E-state index contributed by atoms with van der Waals surface area (Å²) in [5.41, 5.74) is 0.633. The van der Waals surface area contributed by atoms with Gasteiger partial charge in [-0.3, -0.25) is 0 Å². The number of rotatable bonds is 4. The van der Waals surface area contributed by atoms with Crippen molar-refractivity contribution >= 4 is 38.3 Å². The third kappa shape index (κ3) is 4.55. The first-order chi connectivity index (χ1) is 14.7. The molecule has 1 aromatic carbocycles. The first kappa shape index (κ1) is 22.0. The molecule has 2 aromatic heterocycles. The fraction of sp³-hybridized carbons (Fsp3) is 0.421. The number of aromatic nitrogens is 4. The van der Waals surface area contributed by atoms with E-state index >= 15 is 0 Å². The van der Waals surface area contributed by atoms with E-state index in [0.717, 1.165) is 22.3 Å². The maximum atomic E-state index is 13.0. The van der Waals surface area contributed by atoms with Gasteiger partial charge >= 0.3 is 6.18 Å². The molecule has 1 fully saturated rings. The molecule has 3 aromatic rings. The van der Waals surface area contributed by atoms with Gasteiger partial charge in [-0.25, -0.2) is 9.19 Å². The van der Waals surface area contributed by atoms with E-state index in [2.05, 4.69) is 19.5 Å². The number of halogens is 3. The number of aryl methyl sites for hydroxylation is 1. The molecule has 31 heavy (non-hydrogen) atoms. The van der Waals surface area contributed by atoms with Gasteiger partial charge in [0.15, 0.2) is 11.3 Å². The minimum atomic E-state index is -4.59. The van der Waals surface area contributed by atoms with Gasteiger partial charge in [0.25, 0.3) is 0 Å². The van der Waals surface area contributed by atoms with E-state index in [1.807, 2.05) is 13.0 Å². The van der Waals surface area contributed by atoms with Gasteiger partial charge in [0.05, 0.1) is 40.1 Å². The van der Waals surface area contributed by atoms with Gasteiger partial charge in [-0.2, -0.15) is 17.5 Å². The summed E-state index contributed by atoms with van der Waals surface area (Å²) in [6.45, 7) is 2.85. The van der Waals surface area contributed by atoms with Crippen molar-refractivity contribution < 1.29 is 22.1 Å². The lowest BCUT2D eigenvalue weighted by atomic mass is 10.2. The number of benzene rings is 1. The van der Waals surface area contributed by atoms with E-state index in [4.69, 9.17) is 4.74 Å². The summed E-state index contributed by atoms with van der Waals surface area (Å²) in [6.07, 6.45) is -4.59. The van der Waals surface area contributed by atoms with Crippen LogP contribution in [-0.4, -0.2) is 54.4 Å². The highest BCUT2D eigenvalue weighted by molar-refractivity contribution is 7.99. The van der Waals surface area contributed by atoms with E-state index < -0.39 is 21.6 Å². The van der Waals surface area contributed by atoms with Crippen LogP contribution in [0, 0.1) is 0 Å². The molecule has 0 aliphatic carbocycles. The molecule has 4 rings (SSSR count). The van der Waals surface area contributed by atoms with Crippen molar-refractivity contribution in [3.05, 3.63) is 30.0 Å². The van der Waals surface area contributed by atoms with Gasteiger partial charge in [0.2, 0.25) is 0 Å². The number of hydrogen-bond acceptors (Lipinski definition) is 7. The first-order valence-electron chi connectivity index (χ1n) is 9.55. The maximum Gasteiger partial charge on any atom is 0.435 e. The minimum Gasteiger partial charge on any atom is -0.379 e. The molecular weight excluding hydrogens is 451 g/mol. The molecule has 0 unspecified atom stereocenters. The smallest absolute Gasteiger partial charge is 0.379 e. The molecule has 0 atom stereocenters. The predicted octanol–water partition coefficient (Wildman–Crippen LogP) is 4.29. The summed E-state index contributed by atoms with van der Waals surface area (Å²) >= 11 is 1.55. The van der Waals surface area contributed by atoms with E-state index in [-0.39, 0.29) is 11.2 Å². The largest absolute Gasteiger partial charge is 0.435 e. The summed E-state index contributed by atoms with van der Waals surface area (Å²) in [6, 6.07) is 6.30. The average molecular weight is 472 g/mol. The Morgan fingerprint density at radius 1 is 1.23 bits per heavy atom. The van der Waals surface area contributed by atoms with Crippen LogP contribution in [0.25, 0.3) is 22.6 Å². The molecule has 3 heterocycles. The molecule has 0 spiro atoms. The Labute approximate surface area is 181 Å². The SMILES string of the molecule is CCSc1cc(N=S2(=O)CCOCC2)ccc1-c1nc2cc(C(F)(F)F)nnc2n1C.